The third-order valence-corrected chi connectivity index (χ3v) is 4.05. The SMILES string of the molecule is CC(C)N1C(=O)OC(C)(C)C1(C)c1ccccc1. The Morgan fingerprint density at radius 2 is 1.67 bits per heavy atom. The first-order chi connectivity index (χ1) is 8.30. The summed E-state index contributed by atoms with van der Waals surface area (Å²) in [5.74, 6) is 0. The summed E-state index contributed by atoms with van der Waals surface area (Å²) in [7, 11) is 0. The van der Waals surface area contributed by atoms with Gasteiger partial charge >= 0.3 is 6.09 Å². The second kappa shape index (κ2) is 4.01. The van der Waals surface area contributed by atoms with E-state index in [1.165, 1.54) is 0 Å². The largest absolute Gasteiger partial charge is 0.440 e. The fourth-order valence-corrected chi connectivity index (χ4v) is 2.82. The van der Waals surface area contributed by atoms with E-state index in [-0.39, 0.29) is 12.1 Å². The van der Waals surface area contributed by atoms with Gasteiger partial charge in [-0.25, -0.2) is 4.79 Å². The predicted octanol–water partition coefficient (Wildman–Crippen LogP) is 3.54. The van der Waals surface area contributed by atoms with Crippen LogP contribution in [0.3, 0.4) is 0 Å². The number of cyclic esters (lactones) is 1. The average molecular weight is 247 g/mol. The molecule has 0 aliphatic carbocycles. The molecule has 3 heteroatoms. The van der Waals surface area contributed by atoms with Crippen molar-refractivity contribution in [3.8, 4) is 0 Å². The van der Waals surface area contributed by atoms with Crippen molar-refractivity contribution in [2.75, 3.05) is 0 Å². The van der Waals surface area contributed by atoms with Gasteiger partial charge in [0.25, 0.3) is 0 Å². The highest BCUT2D eigenvalue weighted by Gasteiger charge is 2.58. The first kappa shape index (κ1) is 12.9. The quantitative estimate of drug-likeness (QED) is 0.800. The van der Waals surface area contributed by atoms with Crippen molar-refractivity contribution < 1.29 is 9.53 Å². The smallest absolute Gasteiger partial charge is 0.411 e. The first-order valence-corrected chi connectivity index (χ1v) is 6.38. The van der Waals surface area contributed by atoms with Gasteiger partial charge in [-0.05, 0) is 40.2 Å². The van der Waals surface area contributed by atoms with E-state index in [0.29, 0.717) is 0 Å². The Labute approximate surface area is 109 Å². The maximum absolute atomic E-state index is 12.1. The molecule has 1 atom stereocenters. The summed E-state index contributed by atoms with van der Waals surface area (Å²) < 4.78 is 5.58. The lowest BCUT2D eigenvalue weighted by molar-refractivity contribution is 0.0177. The Morgan fingerprint density at radius 1 is 1.11 bits per heavy atom. The topological polar surface area (TPSA) is 29.5 Å². The van der Waals surface area contributed by atoms with E-state index in [2.05, 4.69) is 19.1 Å². The summed E-state index contributed by atoms with van der Waals surface area (Å²) in [4.78, 5) is 14.0. The average Bonchev–Trinajstić information content (AvgIpc) is 2.46. The number of amides is 1. The van der Waals surface area contributed by atoms with Crippen molar-refractivity contribution in [3.63, 3.8) is 0 Å². The predicted molar refractivity (Wildman–Crippen MR) is 71.3 cm³/mol. The molecule has 1 amide bonds. The van der Waals surface area contributed by atoms with Gasteiger partial charge in [-0.3, -0.25) is 4.90 Å². The molecule has 0 radical (unpaired) electrons. The number of nitrogens with zero attached hydrogens (tertiary/aromatic N) is 1. The molecule has 1 aliphatic rings. The molecule has 0 spiro atoms. The van der Waals surface area contributed by atoms with Gasteiger partial charge < -0.3 is 4.74 Å². The summed E-state index contributed by atoms with van der Waals surface area (Å²) >= 11 is 0. The molecule has 18 heavy (non-hydrogen) atoms. The maximum Gasteiger partial charge on any atom is 0.411 e. The highest BCUT2D eigenvalue weighted by atomic mass is 16.6. The van der Waals surface area contributed by atoms with Crippen molar-refractivity contribution >= 4 is 6.09 Å². The van der Waals surface area contributed by atoms with Gasteiger partial charge in [-0.15, -0.1) is 0 Å². The van der Waals surface area contributed by atoms with Gasteiger partial charge in [0, 0.05) is 6.04 Å². The van der Waals surface area contributed by atoms with Crippen LogP contribution < -0.4 is 0 Å². The zero-order valence-electron chi connectivity index (χ0n) is 11.7. The standard InChI is InChI=1S/C15H21NO2/c1-11(2)16-13(17)18-14(3,4)15(16,5)12-9-7-6-8-10-12/h6-11H,1-5H3. The van der Waals surface area contributed by atoms with Crippen LogP contribution >= 0.6 is 0 Å². The number of carbonyl (C=O) groups excluding carboxylic acids is 1. The van der Waals surface area contributed by atoms with E-state index in [1.807, 2.05) is 50.8 Å². The van der Waals surface area contributed by atoms with Crippen LogP contribution in [-0.4, -0.2) is 22.6 Å². The van der Waals surface area contributed by atoms with E-state index in [0.717, 1.165) is 5.56 Å². The number of rotatable bonds is 2. The highest BCUT2D eigenvalue weighted by molar-refractivity contribution is 5.73. The lowest BCUT2D eigenvalue weighted by atomic mass is 9.77. The van der Waals surface area contributed by atoms with Crippen molar-refractivity contribution in [1.29, 1.82) is 0 Å². The molecule has 1 aromatic rings. The Kier molecular flexibility index (Phi) is 2.88. The van der Waals surface area contributed by atoms with Crippen LogP contribution in [-0.2, 0) is 10.3 Å². The third kappa shape index (κ3) is 1.61. The number of ether oxygens (including phenoxy) is 1. The molecule has 0 aromatic heterocycles. The van der Waals surface area contributed by atoms with Gasteiger partial charge in [0.1, 0.15) is 11.1 Å². The molecule has 98 valence electrons. The van der Waals surface area contributed by atoms with Crippen molar-refractivity contribution in [2.24, 2.45) is 0 Å². The second-order valence-corrected chi connectivity index (χ2v) is 5.78. The van der Waals surface area contributed by atoms with Crippen LogP contribution in [0.5, 0.6) is 0 Å². The van der Waals surface area contributed by atoms with Crippen LogP contribution in [0.15, 0.2) is 30.3 Å². The zero-order chi connectivity index (χ0) is 13.6. The molecule has 0 N–H and O–H groups in total. The van der Waals surface area contributed by atoms with Crippen molar-refractivity contribution in [2.45, 2.75) is 51.8 Å². The van der Waals surface area contributed by atoms with Crippen LogP contribution in [0.25, 0.3) is 0 Å². The first-order valence-electron chi connectivity index (χ1n) is 6.38. The minimum absolute atomic E-state index is 0.101. The molecule has 1 fully saturated rings. The van der Waals surface area contributed by atoms with Crippen molar-refractivity contribution in [3.05, 3.63) is 35.9 Å². The lowest BCUT2D eigenvalue weighted by Gasteiger charge is -2.42. The monoisotopic (exact) mass is 247 g/mol. The molecule has 0 bridgehead atoms. The van der Waals surface area contributed by atoms with Crippen LogP contribution in [0.1, 0.15) is 40.2 Å². The van der Waals surface area contributed by atoms with Gasteiger partial charge in [0.2, 0.25) is 0 Å². The van der Waals surface area contributed by atoms with Crippen LogP contribution in [0.4, 0.5) is 4.79 Å². The van der Waals surface area contributed by atoms with E-state index in [9.17, 15) is 4.79 Å². The van der Waals surface area contributed by atoms with Gasteiger partial charge in [0.15, 0.2) is 0 Å². The number of hydrogen-bond donors (Lipinski definition) is 0. The van der Waals surface area contributed by atoms with Gasteiger partial charge in [-0.1, -0.05) is 30.3 Å². The minimum Gasteiger partial charge on any atom is -0.440 e. The molecular weight excluding hydrogens is 226 g/mol. The molecular formula is C15H21NO2. The summed E-state index contributed by atoms with van der Waals surface area (Å²) in [6, 6.07) is 10.2. The molecule has 1 saturated heterocycles. The molecule has 1 aromatic carbocycles. The Bertz CT molecular complexity index is 453. The highest BCUT2D eigenvalue weighted by Crippen LogP contribution is 2.47. The Hall–Kier alpha value is -1.51. The van der Waals surface area contributed by atoms with Crippen molar-refractivity contribution in [1.82, 2.24) is 4.90 Å². The van der Waals surface area contributed by atoms with Crippen LogP contribution in [0, 0.1) is 0 Å². The molecule has 1 unspecified atom stereocenters. The summed E-state index contributed by atoms with van der Waals surface area (Å²) in [5, 5.41) is 0. The summed E-state index contributed by atoms with van der Waals surface area (Å²) in [6.45, 7) is 10.1. The Morgan fingerprint density at radius 3 is 2.17 bits per heavy atom. The molecule has 0 saturated carbocycles. The maximum atomic E-state index is 12.1. The zero-order valence-corrected chi connectivity index (χ0v) is 11.7. The van der Waals surface area contributed by atoms with E-state index < -0.39 is 11.1 Å². The lowest BCUT2D eigenvalue weighted by Crippen LogP contribution is -2.53. The van der Waals surface area contributed by atoms with E-state index in [4.69, 9.17) is 4.74 Å². The second-order valence-electron chi connectivity index (χ2n) is 5.78. The molecule has 3 nitrogen and oxygen atoms in total. The van der Waals surface area contributed by atoms with Gasteiger partial charge in [0.05, 0.1) is 0 Å². The van der Waals surface area contributed by atoms with E-state index >= 15 is 0 Å². The fraction of sp³-hybridized carbons (Fsp3) is 0.533. The Balaban J connectivity index is 2.59. The van der Waals surface area contributed by atoms with Gasteiger partial charge in [-0.2, -0.15) is 0 Å². The summed E-state index contributed by atoms with van der Waals surface area (Å²) in [5.41, 5.74) is 0.115. The minimum atomic E-state index is -0.546. The van der Waals surface area contributed by atoms with E-state index in [1.54, 1.807) is 0 Å². The molecule has 1 heterocycles. The molecule has 1 aliphatic heterocycles. The number of benzene rings is 1. The van der Waals surface area contributed by atoms with Crippen LogP contribution in [0.2, 0.25) is 0 Å². The fourth-order valence-electron chi connectivity index (χ4n) is 2.82. The summed E-state index contributed by atoms with van der Waals surface area (Å²) in [6.07, 6.45) is -0.235. The third-order valence-electron chi connectivity index (χ3n) is 4.05. The molecule has 2 rings (SSSR count). The number of hydrogen-bond acceptors (Lipinski definition) is 2. The number of carbonyl (C=O) groups is 1. The normalized spacial score (nSPS) is 26.6.